The highest BCUT2D eigenvalue weighted by molar-refractivity contribution is 5.87. The first-order valence-corrected chi connectivity index (χ1v) is 7.03. The fraction of sp³-hybridized carbons (Fsp3) is 0.312. The van der Waals surface area contributed by atoms with Crippen molar-refractivity contribution < 1.29 is 28.6 Å². The fourth-order valence-corrected chi connectivity index (χ4v) is 1.47. The molecule has 1 atom stereocenters. The van der Waals surface area contributed by atoms with E-state index in [0.717, 1.165) is 12.7 Å². The van der Waals surface area contributed by atoms with Crippen LogP contribution < -0.4 is 10.6 Å². The molecule has 0 saturated carbocycles. The number of methoxy groups -OCH3 is 1. The van der Waals surface area contributed by atoms with Crippen molar-refractivity contribution in [2.24, 2.45) is 0 Å². The molecule has 0 bridgehead atoms. The maximum absolute atomic E-state index is 11.7. The van der Waals surface area contributed by atoms with Crippen molar-refractivity contribution in [2.45, 2.75) is 20.1 Å². The van der Waals surface area contributed by atoms with Gasteiger partial charge in [-0.05, 0) is 26.0 Å². The number of aryl methyl sites for hydroxylation is 1. The molecule has 0 aromatic heterocycles. The van der Waals surface area contributed by atoms with Gasteiger partial charge in [0, 0.05) is 11.3 Å². The first kappa shape index (κ1) is 19.0. The summed E-state index contributed by atoms with van der Waals surface area (Å²) < 4.78 is 14.3. The second-order valence-electron chi connectivity index (χ2n) is 4.90. The Hall–Kier alpha value is -3.03. The first-order chi connectivity index (χ1) is 11.3. The lowest BCUT2D eigenvalue weighted by molar-refractivity contribution is -0.147. The summed E-state index contributed by atoms with van der Waals surface area (Å²) in [6.45, 7) is 6.39. The Balaban J connectivity index is 2.57. The van der Waals surface area contributed by atoms with E-state index >= 15 is 0 Å². The summed E-state index contributed by atoms with van der Waals surface area (Å²) in [5, 5.41) is 4.73. The molecule has 2 amide bonds. The van der Waals surface area contributed by atoms with Crippen LogP contribution in [0.3, 0.4) is 0 Å². The van der Waals surface area contributed by atoms with Crippen molar-refractivity contribution in [2.75, 3.05) is 19.0 Å². The van der Waals surface area contributed by atoms with Crippen LogP contribution in [0.5, 0.6) is 0 Å². The average Bonchev–Trinajstić information content (AvgIpc) is 2.54. The number of rotatable bonds is 6. The summed E-state index contributed by atoms with van der Waals surface area (Å²) in [7, 11) is 1.15. The molecule has 0 aliphatic heterocycles. The van der Waals surface area contributed by atoms with Crippen LogP contribution in [0, 0.1) is 6.92 Å². The van der Waals surface area contributed by atoms with Crippen molar-refractivity contribution in [3.05, 3.63) is 42.0 Å². The summed E-state index contributed by atoms with van der Waals surface area (Å²) in [5.74, 6) is -0.737. The summed E-state index contributed by atoms with van der Waals surface area (Å²) in [5.41, 5.74) is 1.72. The van der Waals surface area contributed by atoms with Gasteiger partial charge in [-0.2, -0.15) is 0 Å². The Kier molecular flexibility index (Phi) is 7.28. The van der Waals surface area contributed by atoms with Crippen LogP contribution in [0.4, 0.5) is 15.3 Å². The SMILES string of the molecule is C=C(C)C(=O)OC(COC(=O)Nc1ccc(C)cc1)NC(=O)OC. The molecule has 0 radical (unpaired) electrons. The zero-order valence-corrected chi connectivity index (χ0v) is 13.8. The molecule has 0 fully saturated rings. The zero-order chi connectivity index (χ0) is 18.1. The van der Waals surface area contributed by atoms with Gasteiger partial charge in [0.25, 0.3) is 0 Å². The first-order valence-electron chi connectivity index (χ1n) is 7.03. The molecule has 0 aliphatic rings. The molecule has 8 nitrogen and oxygen atoms in total. The number of alkyl carbamates (subject to hydrolysis) is 1. The van der Waals surface area contributed by atoms with Gasteiger partial charge in [0.05, 0.1) is 7.11 Å². The van der Waals surface area contributed by atoms with Crippen molar-refractivity contribution in [1.82, 2.24) is 5.32 Å². The average molecular weight is 336 g/mol. The number of nitrogens with one attached hydrogen (secondary N) is 2. The van der Waals surface area contributed by atoms with E-state index in [1.165, 1.54) is 6.92 Å². The van der Waals surface area contributed by atoms with Gasteiger partial charge in [-0.3, -0.25) is 10.6 Å². The predicted octanol–water partition coefficient (Wildman–Crippen LogP) is 2.34. The van der Waals surface area contributed by atoms with Crippen LogP contribution in [0.2, 0.25) is 0 Å². The summed E-state index contributed by atoms with van der Waals surface area (Å²) in [6, 6.07) is 7.07. The van der Waals surface area contributed by atoms with Crippen LogP contribution in [0.25, 0.3) is 0 Å². The van der Waals surface area contributed by atoms with Crippen LogP contribution >= 0.6 is 0 Å². The predicted molar refractivity (Wildman–Crippen MR) is 86.4 cm³/mol. The Morgan fingerprint density at radius 3 is 2.33 bits per heavy atom. The largest absolute Gasteiger partial charge is 0.453 e. The maximum atomic E-state index is 11.7. The second-order valence-corrected chi connectivity index (χ2v) is 4.90. The minimum absolute atomic E-state index is 0.135. The van der Waals surface area contributed by atoms with E-state index in [1.54, 1.807) is 12.1 Å². The van der Waals surface area contributed by atoms with E-state index in [0.29, 0.717) is 5.69 Å². The summed E-state index contributed by atoms with van der Waals surface area (Å²) in [4.78, 5) is 34.5. The number of hydrogen-bond donors (Lipinski definition) is 2. The normalized spacial score (nSPS) is 11.0. The molecule has 8 heteroatoms. The molecule has 1 aromatic carbocycles. The standard InChI is InChI=1S/C16H20N2O6/c1-10(2)14(19)24-13(18-15(20)22-4)9-23-16(21)17-12-7-5-11(3)6-8-12/h5-8,13H,1,9H2,2-4H3,(H,17,21)(H,18,20). The molecule has 0 aliphatic carbocycles. The third-order valence-electron chi connectivity index (χ3n) is 2.73. The Labute approximate surface area is 139 Å². The number of carbonyl (C=O) groups is 3. The topological polar surface area (TPSA) is 103 Å². The van der Waals surface area contributed by atoms with Crippen LogP contribution in [-0.4, -0.2) is 38.1 Å². The van der Waals surface area contributed by atoms with Crippen LogP contribution in [-0.2, 0) is 19.0 Å². The highest BCUT2D eigenvalue weighted by Crippen LogP contribution is 2.09. The van der Waals surface area contributed by atoms with Gasteiger partial charge in [0.1, 0.15) is 6.61 Å². The van der Waals surface area contributed by atoms with Crippen molar-refractivity contribution in [1.29, 1.82) is 0 Å². The lowest BCUT2D eigenvalue weighted by Crippen LogP contribution is -2.42. The third-order valence-corrected chi connectivity index (χ3v) is 2.73. The van der Waals surface area contributed by atoms with Crippen LogP contribution in [0.15, 0.2) is 36.4 Å². The molecule has 0 spiro atoms. The van der Waals surface area contributed by atoms with E-state index in [9.17, 15) is 14.4 Å². The number of carbonyl (C=O) groups excluding carboxylic acids is 3. The molecule has 24 heavy (non-hydrogen) atoms. The number of ether oxygens (including phenoxy) is 3. The Morgan fingerprint density at radius 1 is 1.17 bits per heavy atom. The number of benzene rings is 1. The van der Waals surface area contributed by atoms with Gasteiger partial charge in [0.15, 0.2) is 0 Å². The highest BCUT2D eigenvalue weighted by atomic mass is 16.6. The molecule has 1 unspecified atom stereocenters. The molecule has 130 valence electrons. The van der Waals surface area contributed by atoms with Gasteiger partial charge >= 0.3 is 18.2 Å². The zero-order valence-electron chi connectivity index (χ0n) is 13.8. The number of hydrogen-bond acceptors (Lipinski definition) is 6. The third kappa shape index (κ3) is 6.82. The minimum atomic E-state index is -1.20. The van der Waals surface area contributed by atoms with Crippen LogP contribution in [0.1, 0.15) is 12.5 Å². The lowest BCUT2D eigenvalue weighted by atomic mass is 10.2. The number of amides is 2. The van der Waals surface area contributed by atoms with Crippen molar-refractivity contribution in [3.63, 3.8) is 0 Å². The van der Waals surface area contributed by atoms with Gasteiger partial charge in [-0.15, -0.1) is 0 Å². The fourth-order valence-electron chi connectivity index (χ4n) is 1.47. The Morgan fingerprint density at radius 2 is 1.79 bits per heavy atom. The highest BCUT2D eigenvalue weighted by Gasteiger charge is 2.20. The molecule has 1 rings (SSSR count). The minimum Gasteiger partial charge on any atom is -0.453 e. The van der Waals surface area contributed by atoms with Gasteiger partial charge in [-0.1, -0.05) is 24.3 Å². The van der Waals surface area contributed by atoms with Crippen molar-refractivity contribution >= 4 is 23.8 Å². The lowest BCUT2D eigenvalue weighted by Gasteiger charge is -2.18. The smallest absolute Gasteiger partial charge is 0.411 e. The van der Waals surface area contributed by atoms with E-state index in [4.69, 9.17) is 9.47 Å². The van der Waals surface area contributed by atoms with E-state index < -0.39 is 31.0 Å². The summed E-state index contributed by atoms with van der Waals surface area (Å²) in [6.07, 6.45) is -2.80. The second kappa shape index (κ2) is 9.19. The molecular weight excluding hydrogens is 316 g/mol. The van der Waals surface area contributed by atoms with E-state index in [2.05, 4.69) is 21.9 Å². The van der Waals surface area contributed by atoms with Gasteiger partial charge < -0.3 is 14.2 Å². The molecule has 1 aromatic rings. The van der Waals surface area contributed by atoms with Crippen molar-refractivity contribution in [3.8, 4) is 0 Å². The summed E-state index contributed by atoms with van der Waals surface area (Å²) >= 11 is 0. The van der Waals surface area contributed by atoms with E-state index in [-0.39, 0.29) is 5.57 Å². The maximum Gasteiger partial charge on any atom is 0.411 e. The molecule has 0 saturated heterocycles. The quantitative estimate of drug-likeness (QED) is 0.358. The molecule has 0 heterocycles. The van der Waals surface area contributed by atoms with Gasteiger partial charge in [0.2, 0.25) is 6.23 Å². The molecule has 2 N–H and O–H groups in total. The number of esters is 1. The Bertz CT molecular complexity index is 611. The van der Waals surface area contributed by atoms with E-state index in [1.807, 2.05) is 19.1 Å². The number of anilines is 1. The van der Waals surface area contributed by atoms with Gasteiger partial charge in [-0.25, -0.2) is 14.4 Å². The molecular formula is C16H20N2O6. The monoisotopic (exact) mass is 336 g/mol.